The Bertz CT molecular complexity index is 1190. The molecule has 5 nitrogen and oxygen atoms in total. The highest BCUT2D eigenvalue weighted by Crippen LogP contribution is 2.38. The predicted octanol–water partition coefficient (Wildman–Crippen LogP) is 6.19. The Labute approximate surface area is 172 Å². The zero-order chi connectivity index (χ0) is 21.3. The number of hydrogen-bond donors (Lipinski definition) is 3. The van der Waals surface area contributed by atoms with E-state index in [0.717, 1.165) is 28.3 Å². The van der Waals surface area contributed by atoms with E-state index in [1.54, 1.807) is 6.07 Å². The molecule has 9 heteroatoms. The van der Waals surface area contributed by atoms with Crippen molar-refractivity contribution >= 4 is 55.2 Å². The average Bonchev–Trinajstić information content (AvgIpc) is 3.28. The molecule has 0 aliphatic heterocycles. The molecule has 3 aromatic rings. The third kappa shape index (κ3) is 3.92. The van der Waals surface area contributed by atoms with Crippen LogP contribution in [-0.4, -0.2) is 22.1 Å². The molecule has 2 aromatic heterocycles. The molecule has 0 spiro atoms. The van der Waals surface area contributed by atoms with Crippen LogP contribution in [0.25, 0.3) is 15.7 Å². The molecule has 1 aromatic carbocycles. The summed E-state index contributed by atoms with van der Waals surface area (Å²) >= 11 is 2.25. The summed E-state index contributed by atoms with van der Waals surface area (Å²) < 4.78 is 28.3. The lowest BCUT2D eigenvalue weighted by Crippen LogP contribution is -2.14. The molecule has 0 saturated carbocycles. The standard InChI is InChI=1S/C20H15F2NO4S2/c1-3-11(17(22)9(2)21)13-8-29-19(16(13)20(26)27)23-18(25)12-7-15-10(4-5-28-15)6-14(12)24/h3-8,24H,1-2H3,(H,23,25)(H,26,27). The summed E-state index contributed by atoms with van der Waals surface area (Å²) in [7, 11) is 0. The third-order valence-electron chi connectivity index (χ3n) is 4.17. The fourth-order valence-electron chi connectivity index (χ4n) is 2.80. The quantitative estimate of drug-likeness (QED) is 0.417. The number of allylic oxidation sites excluding steroid dienone is 4. The highest BCUT2D eigenvalue weighted by atomic mass is 32.1. The van der Waals surface area contributed by atoms with Gasteiger partial charge in [0.05, 0.1) is 5.56 Å². The summed E-state index contributed by atoms with van der Waals surface area (Å²) in [6.45, 7) is 2.38. The summed E-state index contributed by atoms with van der Waals surface area (Å²) in [5, 5.41) is 26.1. The van der Waals surface area contributed by atoms with Gasteiger partial charge in [-0.05, 0) is 42.8 Å². The van der Waals surface area contributed by atoms with E-state index in [1.165, 1.54) is 41.8 Å². The van der Waals surface area contributed by atoms with Gasteiger partial charge >= 0.3 is 5.97 Å². The molecular formula is C20H15F2NO4S2. The first-order chi connectivity index (χ1) is 13.7. The first-order valence-electron chi connectivity index (χ1n) is 8.29. The number of phenolic OH excluding ortho intramolecular Hbond substituents is 1. The number of fused-ring (bicyclic) bond motifs is 1. The van der Waals surface area contributed by atoms with Gasteiger partial charge < -0.3 is 15.5 Å². The highest BCUT2D eigenvalue weighted by Gasteiger charge is 2.25. The maximum Gasteiger partial charge on any atom is 0.339 e. The predicted molar refractivity (Wildman–Crippen MR) is 111 cm³/mol. The van der Waals surface area contributed by atoms with Crippen molar-refractivity contribution in [2.45, 2.75) is 13.8 Å². The zero-order valence-electron chi connectivity index (χ0n) is 15.2. The lowest BCUT2D eigenvalue weighted by atomic mass is 10.0. The minimum Gasteiger partial charge on any atom is -0.507 e. The number of rotatable bonds is 5. The largest absolute Gasteiger partial charge is 0.507 e. The van der Waals surface area contributed by atoms with Gasteiger partial charge in [0.1, 0.15) is 22.1 Å². The molecule has 0 aliphatic rings. The Morgan fingerprint density at radius 1 is 1.17 bits per heavy atom. The Hall–Kier alpha value is -3.04. The molecule has 0 unspecified atom stereocenters. The summed E-state index contributed by atoms with van der Waals surface area (Å²) in [4.78, 5) is 24.4. The molecule has 0 atom stereocenters. The van der Waals surface area contributed by atoms with Crippen molar-refractivity contribution in [1.82, 2.24) is 0 Å². The molecule has 3 rings (SSSR count). The summed E-state index contributed by atoms with van der Waals surface area (Å²) in [5.41, 5.74) is -0.651. The number of aromatic hydroxyl groups is 1. The van der Waals surface area contributed by atoms with Crippen molar-refractivity contribution in [3.63, 3.8) is 0 Å². The molecular weight excluding hydrogens is 420 g/mol. The number of hydrogen-bond acceptors (Lipinski definition) is 5. The Balaban J connectivity index is 2.02. The minimum atomic E-state index is -1.40. The number of thiophene rings is 2. The monoisotopic (exact) mass is 435 g/mol. The van der Waals surface area contributed by atoms with E-state index in [9.17, 15) is 28.6 Å². The van der Waals surface area contributed by atoms with Gasteiger partial charge in [0.2, 0.25) is 0 Å². The average molecular weight is 435 g/mol. The lowest BCUT2D eigenvalue weighted by molar-refractivity contribution is 0.0698. The number of carbonyl (C=O) groups excluding carboxylic acids is 1. The van der Waals surface area contributed by atoms with Crippen LogP contribution in [0, 0.1) is 0 Å². The first kappa shape index (κ1) is 20.7. The number of anilines is 1. The molecule has 0 saturated heterocycles. The van der Waals surface area contributed by atoms with E-state index in [0.29, 0.717) is 0 Å². The van der Waals surface area contributed by atoms with E-state index in [4.69, 9.17) is 0 Å². The van der Waals surface area contributed by atoms with Crippen LogP contribution in [0.2, 0.25) is 0 Å². The fraction of sp³-hybridized carbons (Fsp3) is 0.100. The first-order valence-corrected chi connectivity index (χ1v) is 10.1. The summed E-state index contributed by atoms with van der Waals surface area (Å²) in [6, 6.07) is 4.75. The zero-order valence-corrected chi connectivity index (χ0v) is 16.9. The second-order valence-electron chi connectivity index (χ2n) is 5.99. The SMILES string of the molecule is CC=C(C(F)=C(C)F)c1csc(NC(=O)c2cc3sccc3cc2O)c1C(=O)O. The van der Waals surface area contributed by atoms with Crippen molar-refractivity contribution in [2.24, 2.45) is 0 Å². The van der Waals surface area contributed by atoms with Crippen LogP contribution in [0.4, 0.5) is 13.8 Å². The third-order valence-corrected chi connectivity index (χ3v) is 5.94. The van der Waals surface area contributed by atoms with Gasteiger partial charge in [-0.2, -0.15) is 0 Å². The normalized spacial score (nSPS) is 12.8. The Kier molecular flexibility index (Phi) is 5.81. The molecule has 2 heterocycles. The van der Waals surface area contributed by atoms with E-state index in [1.807, 2.05) is 5.38 Å². The Morgan fingerprint density at radius 3 is 2.52 bits per heavy atom. The maximum atomic E-state index is 14.2. The van der Waals surface area contributed by atoms with Crippen molar-refractivity contribution in [2.75, 3.05) is 5.32 Å². The van der Waals surface area contributed by atoms with E-state index in [-0.39, 0.29) is 33.0 Å². The number of carboxylic acids is 1. The van der Waals surface area contributed by atoms with E-state index in [2.05, 4.69) is 5.32 Å². The van der Waals surface area contributed by atoms with Crippen LogP contribution in [-0.2, 0) is 0 Å². The number of aromatic carboxylic acids is 1. The van der Waals surface area contributed by atoms with Gasteiger partial charge in [0.15, 0.2) is 5.83 Å². The molecule has 1 amide bonds. The molecule has 0 fully saturated rings. The van der Waals surface area contributed by atoms with Crippen LogP contribution in [0.5, 0.6) is 5.75 Å². The molecule has 0 radical (unpaired) electrons. The van der Waals surface area contributed by atoms with Crippen LogP contribution >= 0.6 is 22.7 Å². The van der Waals surface area contributed by atoms with Gasteiger partial charge in [-0.3, -0.25) is 4.79 Å². The van der Waals surface area contributed by atoms with Gasteiger partial charge in [-0.15, -0.1) is 22.7 Å². The molecule has 0 aliphatic carbocycles. The van der Waals surface area contributed by atoms with Crippen molar-refractivity contribution in [1.29, 1.82) is 0 Å². The number of carbonyl (C=O) groups is 2. The van der Waals surface area contributed by atoms with Crippen LogP contribution in [0.1, 0.15) is 40.1 Å². The number of amides is 1. The topological polar surface area (TPSA) is 86.6 Å². The maximum absolute atomic E-state index is 14.2. The van der Waals surface area contributed by atoms with Crippen LogP contribution in [0.3, 0.4) is 0 Å². The van der Waals surface area contributed by atoms with Crippen molar-refractivity contribution < 1.29 is 28.6 Å². The van der Waals surface area contributed by atoms with Crippen LogP contribution < -0.4 is 5.32 Å². The number of phenols is 1. The summed E-state index contributed by atoms with van der Waals surface area (Å²) in [6.07, 6.45) is 1.26. The lowest BCUT2D eigenvalue weighted by Gasteiger charge is -2.09. The van der Waals surface area contributed by atoms with Crippen molar-refractivity contribution in [3.8, 4) is 5.75 Å². The summed E-state index contributed by atoms with van der Waals surface area (Å²) in [5.74, 6) is -4.63. The number of carboxylic acid groups (broad SMARTS) is 1. The molecule has 150 valence electrons. The van der Waals surface area contributed by atoms with Crippen LogP contribution in [0.15, 0.2) is 46.7 Å². The Morgan fingerprint density at radius 2 is 1.90 bits per heavy atom. The number of benzene rings is 1. The smallest absolute Gasteiger partial charge is 0.339 e. The molecule has 0 bridgehead atoms. The van der Waals surface area contributed by atoms with Gasteiger partial charge in [-0.1, -0.05) is 6.08 Å². The van der Waals surface area contributed by atoms with Crippen molar-refractivity contribution in [3.05, 3.63) is 63.4 Å². The second-order valence-corrected chi connectivity index (χ2v) is 7.82. The number of halogens is 2. The van der Waals surface area contributed by atoms with Gasteiger partial charge in [0.25, 0.3) is 5.91 Å². The van der Waals surface area contributed by atoms with Gasteiger partial charge in [-0.25, -0.2) is 13.6 Å². The molecule has 3 N–H and O–H groups in total. The highest BCUT2D eigenvalue weighted by molar-refractivity contribution is 7.17. The molecule has 29 heavy (non-hydrogen) atoms. The second kappa shape index (κ2) is 8.14. The van der Waals surface area contributed by atoms with E-state index >= 15 is 0 Å². The number of nitrogens with one attached hydrogen (secondary N) is 1. The van der Waals surface area contributed by atoms with E-state index < -0.39 is 23.5 Å². The fourth-order valence-corrected chi connectivity index (χ4v) is 4.55. The van der Waals surface area contributed by atoms with Gasteiger partial charge in [0, 0.05) is 21.2 Å². The minimum absolute atomic E-state index is 0.0248.